The molecule has 4 heteroatoms. The van der Waals surface area contributed by atoms with Crippen LogP contribution in [0.15, 0.2) is 48.5 Å². The summed E-state index contributed by atoms with van der Waals surface area (Å²) in [7, 11) is 0. The zero-order valence-corrected chi connectivity index (χ0v) is 20.3. The Morgan fingerprint density at radius 2 is 1.27 bits per heavy atom. The number of carbonyl (C=O) groups is 1. The van der Waals surface area contributed by atoms with Gasteiger partial charge in [0.15, 0.2) is 0 Å². The first-order chi connectivity index (χ1) is 16.2. The fourth-order valence-corrected chi connectivity index (χ4v) is 3.86. The van der Waals surface area contributed by atoms with Crippen LogP contribution in [-0.2, 0) is 0 Å². The third-order valence-electron chi connectivity index (χ3n) is 5.92. The lowest BCUT2D eigenvalue weighted by Crippen LogP contribution is -2.08. The average molecular weight is 449 g/mol. The summed E-state index contributed by atoms with van der Waals surface area (Å²) in [5.41, 5.74) is 2.06. The smallest absolute Gasteiger partial charge is 0.343 e. The molecular formula is C29H40N2O2. The van der Waals surface area contributed by atoms with Crippen LogP contribution in [0, 0.1) is 11.3 Å². The van der Waals surface area contributed by atoms with Crippen molar-refractivity contribution in [1.29, 1.82) is 5.26 Å². The van der Waals surface area contributed by atoms with Gasteiger partial charge in [0, 0.05) is 12.2 Å². The summed E-state index contributed by atoms with van der Waals surface area (Å²) in [5, 5.41) is 12.3. The molecule has 0 saturated heterocycles. The van der Waals surface area contributed by atoms with Crippen LogP contribution in [0.2, 0.25) is 0 Å². The highest BCUT2D eigenvalue weighted by Crippen LogP contribution is 2.16. The van der Waals surface area contributed by atoms with E-state index in [9.17, 15) is 4.79 Å². The normalized spacial score (nSPS) is 10.5. The Morgan fingerprint density at radius 3 is 1.79 bits per heavy atom. The Balaban J connectivity index is 1.50. The second-order valence-corrected chi connectivity index (χ2v) is 8.77. The van der Waals surface area contributed by atoms with E-state index in [0.717, 1.165) is 12.2 Å². The number of unbranched alkanes of at least 4 members (excludes halogenated alkanes) is 12. The molecule has 178 valence electrons. The van der Waals surface area contributed by atoms with E-state index in [1.54, 1.807) is 36.4 Å². The number of esters is 1. The van der Waals surface area contributed by atoms with Crippen molar-refractivity contribution in [3.8, 4) is 11.8 Å². The Labute approximate surface area is 200 Å². The summed E-state index contributed by atoms with van der Waals surface area (Å²) >= 11 is 0. The van der Waals surface area contributed by atoms with Crippen LogP contribution >= 0.6 is 0 Å². The molecule has 0 saturated carbocycles. The molecule has 33 heavy (non-hydrogen) atoms. The van der Waals surface area contributed by atoms with Gasteiger partial charge in [0.05, 0.1) is 17.2 Å². The molecular weight excluding hydrogens is 408 g/mol. The molecule has 0 aromatic heterocycles. The van der Waals surface area contributed by atoms with Gasteiger partial charge in [0.2, 0.25) is 0 Å². The first kappa shape index (κ1) is 26.5. The predicted molar refractivity (Wildman–Crippen MR) is 137 cm³/mol. The fraction of sp³-hybridized carbons (Fsp3) is 0.517. The maximum absolute atomic E-state index is 12.3. The third kappa shape index (κ3) is 11.6. The van der Waals surface area contributed by atoms with Crippen molar-refractivity contribution in [2.24, 2.45) is 0 Å². The molecule has 0 aliphatic heterocycles. The van der Waals surface area contributed by atoms with Crippen LogP contribution in [0.1, 0.15) is 106 Å². The molecule has 0 atom stereocenters. The summed E-state index contributed by atoms with van der Waals surface area (Å²) in [5.74, 6) is 0.0337. The third-order valence-corrected chi connectivity index (χ3v) is 5.92. The fourth-order valence-electron chi connectivity index (χ4n) is 3.86. The van der Waals surface area contributed by atoms with Gasteiger partial charge in [-0.3, -0.25) is 0 Å². The number of nitrogens with one attached hydrogen (secondary N) is 1. The first-order valence-electron chi connectivity index (χ1n) is 12.8. The van der Waals surface area contributed by atoms with E-state index < -0.39 is 5.97 Å². The van der Waals surface area contributed by atoms with Crippen molar-refractivity contribution in [3.05, 3.63) is 59.7 Å². The van der Waals surface area contributed by atoms with Gasteiger partial charge in [-0.15, -0.1) is 0 Å². The lowest BCUT2D eigenvalue weighted by atomic mass is 10.0. The molecule has 0 unspecified atom stereocenters. The van der Waals surface area contributed by atoms with Gasteiger partial charge in [-0.25, -0.2) is 4.79 Å². The van der Waals surface area contributed by atoms with E-state index in [-0.39, 0.29) is 0 Å². The number of hydrogen-bond donors (Lipinski definition) is 1. The van der Waals surface area contributed by atoms with E-state index in [1.165, 1.54) is 83.5 Å². The second-order valence-electron chi connectivity index (χ2n) is 8.77. The van der Waals surface area contributed by atoms with Gasteiger partial charge in [0.1, 0.15) is 5.75 Å². The highest BCUT2D eigenvalue weighted by Gasteiger charge is 2.08. The highest BCUT2D eigenvalue weighted by atomic mass is 16.5. The molecule has 2 aromatic rings. The summed E-state index contributed by atoms with van der Waals surface area (Å²) < 4.78 is 5.36. The van der Waals surface area contributed by atoms with E-state index in [0.29, 0.717) is 16.9 Å². The van der Waals surface area contributed by atoms with Crippen molar-refractivity contribution < 1.29 is 9.53 Å². The van der Waals surface area contributed by atoms with E-state index in [4.69, 9.17) is 10.00 Å². The van der Waals surface area contributed by atoms with Gasteiger partial charge in [-0.1, -0.05) is 84.0 Å². The van der Waals surface area contributed by atoms with Crippen LogP contribution in [-0.4, -0.2) is 12.5 Å². The van der Waals surface area contributed by atoms with Gasteiger partial charge in [-0.2, -0.15) is 5.26 Å². The minimum absolute atomic E-state index is 0.400. The number of rotatable bonds is 17. The maximum Gasteiger partial charge on any atom is 0.343 e. The number of anilines is 1. The first-order valence-corrected chi connectivity index (χ1v) is 12.8. The zero-order chi connectivity index (χ0) is 23.6. The minimum atomic E-state index is -0.400. The zero-order valence-electron chi connectivity index (χ0n) is 20.3. The standard InChI is InChI=1S/C29H40N2O2/c1-2-3-4-5-6-7-8-9-10-11-12-13-14-23-31-27-19-17-26(18-20-27)29(32)33-28-21-15-25(24-30)16-22-28/h15-22,31H,2-14,23H2,1H3. The van der Waals surface area contributed by atoms with Crippen LogP contribution in [0.4, 0.5) is 5.69 Å². The van der Waals surface area contributed by atoms with Crippen molar-refractivity contribution in [2.75, 3.05) is 11.9 Å². The largest absolute Gasteiger partial charge is 0.423 e. The van der Waals surface area contributed by atoms with Crippen LogP contribution in [0.25, 0.3) is 0 Å². The minimum Gasteiger partial charge on any atom is -0.423 e. The summed E-state index contributed by atoms with van der Waals surface area (Å²) in [6.45, 7) is 3.22. The lowest BCUT2D eigenvalue weighted by Gasteiger charge is -2.08. The lowest BCUT2D eigenvalue weighted by molar-refractivity contribution is 0.0735. The molecule has 2 rings (SSSR count). The number of ether oxygens (including phenoxy) is 1. The molecule has 0 aliphatic rings. The summed E-state index contributed by atoms with van der Waals surface area (Å²) in [6.07, 6.45) is 17.7. The quantitative estimate of drug-likeness (QED) is 0.150. The molecule has 0 amide bonds. The van der Waals surface area contributed by atoms with E-state index >= 15 is 0 Å². The monoisotopic (exact) mass is 448 g/mol. The number of benzene rings is 2. The second kappa shape index (κ2) is 16.8. The van der Waals surface area contributed by atoms with Gasteiger partial charge >= 0.3 is 5.97 Å². The maximum atomic E-state index is 12.3. The van der Waals surface area contributed by atoms with E-state index in [1.807, 2.05) is 18.2 Å². The van der Waals surface area contributed by atoms with Crippen LogP contribution in [0.5, 0.6) is 5.75 Å². The molecule has 2 aromatic carbocycles. The van der Waals surface area contributed by atoms with Crippen LogP contribution < -0.4 is 10.1 Å². The van der Waals surface area contributed by atoms with E-state index in [2.05, 4.69) is 12.2 Å². The van der Waals surface area contributed by atoms with Gasteiger partial charge < -0.3 is 10.1 Å². The average Bonchev–Trinajstić information content (AvgIpc) is 2.85. The Kier molecular flexibility index (Phi) is 13.5. The number of nitrogens with zero attached hydrogens (tertiary/aromatic N) is 1. The Morgan fingerprint density at radius 1 is 0.758 bits per heavy atom. The highest BCUT2D eigenvalue weighted by molar-refractivity contribution is 5.91. The molecule has 0 fully saturated rings. The van der Waals surface area contributed by atoms with Crippen molar-refractivity contribution in [2.45, 2.75) is 90.4 Å². The SMILES string of the molecule is CCCCCCCCCCCCCCCNc1ccc(C(=O)Oc2ccc(C#N)cc2)cc1. The van der Waals surface area contributed by atoms with Gasteiger partial charge in [-0.05, 0) is 55.0 Å². The van der Waals surface area contributed by atoms with Crippen molar-refractivity contribution in [1.82, 2.24) is 0 Å². The Bertz CT molecular complexity index is 822. The van der Waals surface area contributed by atoms with Crippen molar-refractivity contribution >= 4 is 11.7 Å². The molecule has 0 spiro atoms. The molecule has 0 heterocycles. The van der Waals surface area contributed by atoms with Crippen molar-refractivity contribution in [3.63, 3.8) is 0 Å². The van der Waals surface area contributed by atoms with Crippen LogP contribution in [0.3, 0.4) is 0 Å². The number of carbonyl (C=O) groups excluding carboxylic acids is 1. The summed E-state index contributed by atoms with van der Waals surface area (Å²) in [6, 6.07) is 15.9. The number of nitriles is 1. The molecule has 4 nitrogen and oxygen atoms in total. The topological polar surface area (TPSA) is 62.1 Å². The van der Waals surface area contributed by atoms with Gasteiger partial charge in [0.25, 0.3) is 0 Å². The molecule has 0 bridgehead atoms. The Hall–Kier alpha value is -2.80. The predicted octanol–water partition coefficient (Wildman–Crippen LogP) is 8.28. The molecule has 1 N–H and O–H groups in total. The number of hydrogen-bond acceptors (Lipinski definition) is 4. The molecule has 0 aliphatic carbocycles. The molecule has 0 radical (unpaired) electrons. The summed E-state index contributed by atoms with van der Waals surface area (Å²) in [4.78, 5) is 12.3.